The summed E-state index contributed by atoms with van der Waals surface area (Å²) >= 11 is 0. The van der Waals surface area contributed by atoms with Gasteiger partial charge in [0.2, 0.25) is 0 Å². The molecule has 27 heavy (non-hydrogen) atoms. The molecule has 0 saturated carbocycles. The molecule has 2 aliphatic heterocycles. The third-order valence-corrected chi connectivity index (χ3v) is 5.50. The topological polar surface area (TPSA) is 54.8 Å². The van der Waals surface area contributed by atoms with E-state index in [0.717, 1.165) is 55.8 Å². The fourth-order valence-corrected chi connectivity index (χ4v) is 4.29. The molecule has 1 N–H and O–H groups in total. The van der Waals surface area contributed by atoms with Crippen molar-refractivity contribution in [3.63, 3.8) is 0 Å². The molecule has 1 saturated heterocycles. The van der Waals surface area contributed by atoms with Gasteiger partial charge in [0, 0.05) is 49.8 Å². The van der Waals surface area contributed by atoms with E-state index in [9.17, 15) is 5.11 Å². The Morgan fingerprint density at radius 3 is 2.93 bits per heavy atom. The van der Waals surface area contributed by atoms with Gasteiger partial charge in [-0.1, -0.05) is 6.07 Å². The van der Waals surface area contributed by atoms with Crippen LogP contribution >= 0.6 is 0 Å². The monoisotopic (exact) mass is 368 g/mol. The first-order valence-electron chi connectivity index (χ1n) is 9.75. The fourth-order valence-electron chi connectivity index (χ4n) is 4.29. The van der Waals surface area contributed by atoms with Crippen molar-refractivity contribution >= 4 is 0 Å². The zero-order chi connectivity index (χ0) is 18.9. The number of phenolic OH excluding ortho intramolecular Hbond substituents is 1. The Labute approximate surface area is 160 Å². The molecule has 2 aliphatic rings. The summed E-state index contributed by atoms with van der Waals surface area (Å²) in [5.41, 5.74) is 2.97. The molecular formula is C22H28N2O3. The summed E-state index contributed by atoms with van der Waals surface area (Å²) in [6.07, 6.45) is 5.76. The molecule has 1 atom stereocenters. The lowest BCUT2D eigenvalue weighted by Crippen LogP contribution is -2.40. The van der Waals surface area contributed by atoms with Gasteiger partial charge in [-0.2, -0.15) is 0 Å². The van der Waals surface area contributed by atoms with E-state index in [1.807, 2.05) is 18.3 Å². The molecule has 3 heterocycles. The minimum atomic E-state index is -0.0328. The van der Waals surface area contributed by atoms with Crippen molar-refractivity contribution in [1.82, 2.24) is 9.88 Å². The molecule has 0 amide bonds. The van der Waals surface area contributed by atoms with Gasteiger partial charge in [-0.05, 0) is 56.4 Å². The van der Waals surface area contributed by atoms with Crippen LogP contribution in [0.4, 0.5) is 0 Å². The molecule has 5 heteroatoms. The molecule has 0 radical (unpaired) electrons. The van der Waals surface area contributed by atoms with Gasteiger partial charge in [0.1, 0.15) is 6.61 Å². The zero-order valence-electron chi connectivity index (χ0n) is 16.1. The van der Waals surface area contributed by atoms with Crippen molar-refractivity contribution < 1.29 is 14.6 Å². The summed E-state index contributed by atoms with van der Waals surface area (Å²) < 4.78 is 11.8. The van der Waals surface area contributed by atoms with Crippen molar-refractivity contribution in [1.29, 1.82) is 0 Å². The lowest BCUT2D eigenvalue weighted by molar-refractivity contribution is -0.0771. The Kier molecular flexibility index (Phi) is 5.06. The van der Waals surface area contributed by atoms with Crippen LogP contribution in [-0.4, -0.2) is 46.9 Å². The zero-order valence-corrected chi connectivity index (χ0v) is 16.1. The average molecular weight is 368 g/mol. The maximum atomic E-state index is 10.5. The SMILES string of the molecule is CC1(C)CC(CN2CCOc3c(O)cc(-c4cccnc4)cc3C2)CCO1. The van der Waals surface area contributed by atoms with Crippen molar-refractivity contribution in [2.75, 3.05) is 26.3 Å². The van der Waals surface area contributed by atoms with Crippen LogP contribution in [0.3, 0.4) is 0 Å². The summed E-state index contributed by atoms with van der Waals surface area (Å²) in [6.45, 7) is 8.48. The Balaban J connectivity index is 1.55. The summed E-state index contributed by atoms with van der Waals surface area (Å²) in [4.78, 5) is 6.64. The molecule has 5 nitrogen and oxygen atoms in total. The van der Waals surface area contributed by atoms with Gasteiger partial charge in [0.15, 0.2) is 11.5 Å². The van der Waals surface area contributed by atoms with Crippen LogP contribution in [0.25, 0.3) is 11.1 Å². The van der Waals surface area contributed by atoms with E-state index in [4.69, 9.17) is 9.47 Å². The number of phenols is 1. The highest BCUT2D eigenvalue weighted by Gasteiger charge is 2.30. The number of fused-ring (bicyclic) bond motifs is 1. The lowest BCUT2D eigenvalue weighted by atomic mass is 9.88. The maximum absolute atomic E-state index is 10.5. The fraction of sp³-hybridized carbons (Fsp3) is 0.500. The van der Waals surface area contributed by atoms with E-state index in [2.05, 4.69) is 29.8 Å². The average Bonchev–Trinajstić information content (AvgIpc) is 2.84. The number of hydrogen-bond donors (Lipinski definition) is 1. The van der Waals surface area contributed by atoms with Gasteiger partial charge in [-0.25, -0.2) is 0 Å². The van der Waals surface area contributed by atoms with Crippen LogP contribution in [0.1, 0.15) is 32.3 Å². The summed E-state index contributed by atoms with van der Waals surface area (Å²) in [5.74, 6) is 1.46. The van der Waals surface area contributed by atoms with E-state index in [-0.39, 0.29) is 11.4 Å². The van der Waals surface area contributed by atoms with Gasteiger partial charge in [0.25, 0.3) is 0 Å². The second kappa shape index (κ2) is 7.49. The predicted molar refractivity (Wildman–Crippen MR) is 105 cm³/mol. The first-order chi connectivity index (χ1) is 13.0. The minimum Gasteiger partial charge on any atom is -0.504 e. The molecule has 1 aromatic carbocycles. The van der Waals surface area contributed by atoms with E-state index < -0.39 is 0 Å². The number of aromatic nitrogens is 1. The van der Waals surface area contributed by atoms with E-state index in [0.29, 0.717) is 18.3 Å². The van der Waals surface area contributed by atoms with Crippen LogP contribution in [-0.2, 0) is 11.3 Å². The summed E-state index contributed by atoms with van der Waals surface area (Å²) in [6, 6.07) is 7.81. The highest BCUT2D eigenvalue weighted by atomic mass is 16.5. The Morgan fingerprint density at radius 1 is 1.26 bits per heavy atom. The Morgan fingerprint density at radius 2 is 2.15 bits per heavy atom. The standard InChI is InChI=1S/C22H28N2O3/c1-22(2)12-16(5-8-27-22)14-24-7-9-26-21-19(15-24)10-18(11-20(21)25)17-4-3-6-23-13-17/h3-4,6,10-11,13,16,25H,5,7-9,12,14-15H2,1-2H3. The quantitative estimate of drug-likeness (QED) is 0.892. The third kappa shape index (κ3) is 4.25. The van der Waals surface area contributed by atoms with Crippen LogP contribution in [0.15, 0.2) is 36.7 Å². The summed E-state index contributed by atoms with van der Waals surface area (Å²) in [5, 5.41) is 10.5. The number of pyridine rings is 1. The predicted octanol–water partition coefficient (Wildman–Crippen LogP) is 3.85. The minimum absolute atomic E-state index is 0.0328. The first kappa shape index (κ1) is 18.3. The van der Waals surface area contributed by atoms with Gasteiger partial charge in [-0.3, -0.25) is 9.88 Å². The van der Waals surface area contributed by atoms with Gasteiger partial charge in [0.05, 0.1) is 5.60 Å². The van der Waals surface area contributed by atoms with Gasteiger partial charge < -0.3 is 14.6 Å². The second-order valence-corrected chi connectivity index (χ2v) is 8.28. The van der Waals surface area contributed by atoms with Crippen LogP contribution in [0, 0.1) is 5.92 Å². The Bertz CT molecular complexity index is 792. The molecule has 2 aromatic rings. The number of benzene rings is 1. The van der Waals surface area contributed by atoms with Gasteiger partial charge in [-0.15, -0.1) is 0 Å². The highest BCUT2D eigenvalue weighted by Crippen LogP contribution is 2.38. The van der Waals surface area contributed by atoms with Crippen molar-refractivity contribution in [3.8, 4) is 22.6 Å². The normalized spacial score (nSPS) is 22.5. The first-order valence-corrected chi connectivity index (χ1v) is 9.75. The van der Waals surface area contributed by atoms with Crippen molar-refractivity contribution in [3.05, 3.63) is 42.2 Å². The largest absolute Gasteiger partial charge is 0.504 e. The molecule has 1 aromatic heterocycles. The molecule has 0 spiro atoms. The molecule has 1 unspecified atom stereocenters. The molecule has 144 valence electrons. The molecule has 0 bridgehead atoms. The number of aromatic hydroxyl groups is 1. The van der Waals surface area contributed by atoms with Crippen LogP contribution in [0.2, 0.25) is 0 Å². The molecule has 1 fully saturated rings. The molecule has 4 rings (SSSR count). The number of nitrogens with zero attached hydrogens (tertiary/aromatic N) is 2. The molecule has 0 aliphatic carbocycles. The third-order valence-electron chi connectivity index (χ3n) is 5.50. The van der Waals surface area contributed by atoms with Crippen molar-refractivity contribution in [2.45, 2.75) is 38.8 Å². The highest BCUT2D eigenvalue weighted by molar-refractivity contribution is 5.68. The van der Waals surface area contributed by atoms with Crippen LogP contribution < -0.4 is 4.74 Å². The number of hydrogen-bond acceptors (Lipinski definition) is 5. The van der Waals surface area contributed by atoms with Crippen LogP contribution in [0.5, 0.6) is 11.5 Å². The maximum Gasteiger partial charge on any atom is 0.165 e. The van der Waals surface area contributed by atoms with E-state index in [1.54, 1.807) is 12.3 Å². The second-order valence-electron chi connectivity index (χ2n) is 8.28. The molecular weight excluding hydrogens is 340 g/mol. The van der Waals surface area contributed by atoms with Crippen molar-refractivity contribution in [2.24, 2.45) is 5.92 Å². The Hall–Kier alpha value is -2.11. The van der Waals surface area contributed by atoms with Gasteiger partial charge >= 0.3 is 0 Å². The van der Waals surface area contributed by atoms with E-state index >= 15 is 0 Å². The number of ether oxygens (including phenoxy) is 2. The summed E-state index contributed by atoms with van der Waals surface area (Å²) in [7, 11) is 0. The number of rotatable bonds is 3. The lowest BCUT2D eigenvalue weighted by Gasteiger charge is -2.37. The smallest absolute Gasteiger partial charge is 0.165 e. The van der Waals surface area contributed by atoms with E-state index in [1.165, 1.54) is 0 Å².